The molecule has 0 spiro atoms. The van der Waals surface area contributed by atoms with Crippen molar-refractivity contribution in [1.29, 1.82) is 0 Å². The molecule has 6 heavy (non-hydrogen) atoms. The molecule has 0 radical (unpaired) electrons. The summed E-state index contributed by atoms with van der Waals surface area (Å²) in [5.41, 5.74) is 0. The molecule has 0 aliphatic heterocycles. The second-order valence-electron chi connectivity index (χ2n) is 0.747. The van der Waals surface area contributed by atoms with Crippen LogP contribution in [0.1, 0.15) is 13.3 Å². The quantitative estimate of drug-likeness (QED) is 0.533. The molecule has 0 atom stereocenters. The molecule has 1 N–H and O–H groups in total. The van der Waals surface area contributed by atoms with Crippen LogP contribution in [0.4, 0.5) is 0 Å². The van der Waals surface area contributed by atoms with E-state index in [1.807, 2.05) is 0 Å². The minimum atomic E-state index is -0.745. The van der Waals surface area contributed by atoms with Gasteiger partial charge in [-0.05, 0) is 0 Å². The van der Waals surface area contributed by atoms with Crippen LogP contribution in [0.5, 0.6) is 0 Å². The van der Waals surface area contributed by atoms with E-state index in [0.717, 1.165) is 0 Å². The van der Waals surface area contributed by atoms with Crippen molar-refractivity contribution >= 4 is 51.5 Å². The fourth-order valence-corrected chi connectivity index (χ4v) is 0. The molecule has 3 heteroatoms. The third-order valence-electron chi connectivity index (χ3n) is 0.302. The molecule has 0 saturated carbocycles. The van der Waals surface area contributed by atoms with Gasteiger partial charge >= 0.3 is 51.5 Å². The first-order chi connectivity index (χ1) is 2.27. The summed E-state index contributed by atoms with van der Waals surface area (Å²) in [5, 5.41) is 7.72. The van der Waals surface area contributed by atoms with Gasteiger partial charge in [-0.25, -0.2) is 0 Å². The van der Waals surface area contributed by atoms with Crippen LogP contribution in [0.3, 0.4) is 0 Å². The predicted octanol–water partition coefficient (Wildman–Crippen LogP) is -0.435. The van der Waals surface area contributed by atoms with Gasteiger partial charge in [0, 0.05) is 6.42 Å². The van der Waals surface area contributed by atoms with Crippen molar-refractivity contribution in [2.45, 2.75) is 13.3 Å². The molecule has 0 heterocycles. The van der Waals surface area contributed by atoms with Crippen LogP contribution >= 0.6 is 0 Å². The van der Waals surface area contributed by atoms with E-state index < -0.39 is 5.97 Å². The van der Waals surface area contributed by atoms with Crippen LogP contribution in [0, 0.1) is 0 Å². The summed E-state index contributed by atoms with van der Waals surface area (Å²) in [6.07, 6.45) is 0.222. The monoisotopic (exact) mass is 164 g/mol. The Bertz CT molecular complexity index is 44.1. The Morgan fingerprint density at radius 2 is 2.00 bits per heavy atom. The van der Waals surface area contributed by atoms with Crippen LogP contribution in [0.2, 0.25) is 0 Å². The second-order valence-corrected chi connectivity index (χ2v) is 0.747. The Hall–Kier alpha value is 0.951. The molecule has 0 aliphatic rings. The molecular weight excluding hydrogens is 156 g/mol. The van der Waals surface area contributed by atoms with E-state index in [-0.39, 0.29) is 51.9 Å². The third kappa shape index (κ3) is 8.87. The van der Waals surface area contributed by atoms with Crippen LogP contribution < -0.4 is 0 Å². The molecule has 0 aromatic carbocycles. The van der Waals surface area contributed by atoms with Gasteiger partial charge in [0.15, 0.2) is 0 Å². The minimum absolute atomic E-state index is 0. The number of carboxylic acids is 1. The van der Waals surface area contributed by atoms with Gasteiger partial charge in [0.25, 0.3) is 0 Å². The maximum atomic E-state index is 9.37. The summed E-state index contributed by atoms with van der Waals surface area (Å²) in [4.78, 5) is 9.37. The van der Waals surface area contributed by atoms with Gasteiger partial charge in [-0.2, -0.15) is 0 Å². The molecule has 0 aromatic heterocycles. The number of aliphatic carboxylic acids is 1. The molecular formula is C3H8O2Sr. The Labute approximate surface area is 73.8 Å². The van der Waals surface area contributed by atoms with Crippen molar-refractivity contribution in [3.05, 3.63) is 0 Å². The first-order valence-corrected chi connectivity index (χ1v) is 1.49. The molecule has 2 nitrogen and oxygen atoms in total. The SMILES string of the molecule is CCC(=O)O.[SrH2]. The second kappa shape index (κ2) is 5.95. The number of carbonyl (C=O) groups is 1. The molecule has 0 aliphatic carbocycles. The zero-order valence-electron chi connectivity index (χ0n) is 3.06. The van der Waals surface area contributed by atoms with E-state index in [1.54, 1.807) is 6.92 Å². The fourth-order valence-electron chi connectivity index (χ4n) is 0. The molecule has 0 aromatic rings. The van der Waals surface area contributed by atoms with Crippen LogP contribution in [-0.4, -0.2) is 56.6 Å². The average molecular weight is 164 g/mol. The topological polar surface area (TPSA) is 37.3 Å². The van der Waals surface area contributed by atoms with E-state index in [1.165, 1.54) is 0 Å². The third-order valence-corrected chi connectivity index (χ3v) is 0.302. The fraction of sp³-hybridized carbons (Fsp3) is 0.667. The molecule has 0 unspecified atom stereocenters. The van der Waals surface area contributed by atoms with E-state index in [0.29, 0.717) is 0 Å². The Kier molecular flexibility index (Phi) is 9.96. The van der Waals surface area contributed by atoms with Gasteiger partial charge in [-0.3, -0.25) is 4.79 Å². The Balaban J connectivity index is 0. The molecule has 0 fully saturated rings. The van der Waals surface area contributed by atoms with E-state index in [4.69, 9.17) is 5.11 Å². The summed E-state index contributed by atoms with van der Waals surface area (Å²) >= 11 is 0. The van der Waals surface area contributed by atoms with Crippen molar-refractivity contribution in [2.75, 3.05) is 0 Å². The first kappa shape index (κ1) is 10.0. The first-order valence-electron chi connectivity index (χ1n) is 1.49. The van der Waals surface area contributed by atoms with Crippen molar-refractivity contribution in [3.8, 4) is 0 Å². The van der Waals surface area contributed by atoms with E-state index >= 15 is 0 Å². The van der Waals surface area contributed by atoms with Crippen LogP contribution in [-0.2, 0) is 4.79 Å². The number of hydrogen-bond acceptors (Lipinski definition) is 1. The molecule has 0 bridgehead atoms. The number of hydrogen-bond donors (Lipinski definition) is 1. The van der Waals surface area contributed by atoms with E-state index in [9.17, 15) is 4.79 Å². The van der Waals surface area contributed by atoms with Crippen molar-refractivity contribution < 1.29 is 9.90 Å². The van der Waals surface area contributed by atoms with Crippen LogP contribution in [0.15, 0.2) is 0 Å². The predicted molar refractivity (Wildman–Crippen MR) is 26.5 cm³/mol. The van der Waals surface area contributed by atoms with Gasteiger partial charge in [-0.1, -0.05) is 6.92 Å². The summed E-state index contributed by atoms with van der Waals surface area (Å²) in [6.45, 7) is 1.60. The van der Waals surface area contributed by atoms with Gasteiger partial charge in [0.05, 0.1) is 0 Å². The van der Waals surface area contributed by atoms with Crippen LogP contribution in [0.25, 0.3) is 0 Å². The Morgan fingerprint density at radius 3 is 2.00 bits per heavy atom. The number of rotatable bonds is 1. The summed E-state index contributed by atoms with van der Waals surface area (Å²) in [6, 6.07) is 0. The number of carboxylic acid groups (broad SMARTS) is 1. The zero-order chi connectivity index (χ0) is 4.28. The van der Waals surface area contributed by atoms with Gasteiger partial charge in [-0.15, -0.1) is 0 Å². The summed E-state index contributed by atoms with van der Waals surface area (Å²) in [7, 11) is 0. The average Bonchev–Trinajstić information content (AvgIpc) is 1.38. The summed E-state index contributed by atoms with van der Waals surface area (Å²) in [5.74, 6) is -0.745. The molecule has 0 saturated heterocycles. The maximum absolute atomic E-state index is 9.37. The molecule has 0 amide bonds. The van der Waals surface area contributed by atoms with Gasteiger partial charge in [0.2, 0.25) is 0 Å². The Morgan fingerprint density at radius 1 is 1.83 bits per heavy atom. The van der Waals surface area contributed by atoms with Gasteiger partial charge < -0.3 is 5.11 Å². The molecule has 0 rings (SSSR count). The van der Waals surface area contributed by atoms with Gasteiger partial charge in [0.1, 0.15) is 0 Å². The zero-order valence-corrected chi connectivity index (χ0v) is 3.06. The van der Waals surface area contributed by atoms with E-state index in [2.05, 4.69) is 0 Å². The van der Waals surface area contributed by atoms with Crippen molar-refractivity contribution in [3.63, 3.8) is 0 Å². The van der Waals surface area contributed by atoms with Crippen molar-refractivity contribution in [1.82, 2.24) is 0 Å². The standard InChI is InChI=1S/C3H6O2.Sr.2H/c1-2-3(4)5;;;/h2H2,1H3,(H,4,5);;;. The summed E-state index contributed by atoms with van der Waals surface area (Å²) < 4.78 is 0. The normalized spacial score (nSPS) is 6.17. The molecule has 34 valence electrons. The van der Waals surface area contributed by atoms with Crippen molar-refractivity contribution in [2.24, 2.45) is 0 Å².